The highest BCUT2D eigenvalue weighted by atomic mass is 16.5. The van der Waals surface area contributed by atoms with Crippen LogP contribution in [0, 0.1) is 0 Å². The van der Waals surface area contributed by atoms with Crippen LogP contribution in [0.2, 0.25) is 0 Å². The van der Waals surface area contributed by atoms with Crippen molar-refractivity contribution in [2.45, 2.75) is 44.3 Å². The van der Waals surface area contributed by atoms with Crippen molar-refractivity contribution >= 4 is 0 Å². The third kappa shape index (κ3) is 1.42. The van der Waals surface area contributed by atoms with Crippen LogP contribution in [-0.4, -0.2) is 24.8 Å². The maximum atomic E-state index is 5.97. The van der Waals surface area contributed by atoms with Crippen LogP contribution in [0.4, 0.5) is 0 Å². The molecule has 1 atom stereocenters. The van der Waals surface area contributed by atoms with Gasteiger partial charge in [0.05, 0.1) is 11.7 Å². The van der Waals surface area contributed by atoms with Crippen molar-refractivity contribution in [3.63, 3.8) is 0 Å². The summed E-state index contributed by atoms with van der Waals surface area (Å²) in [5.41, 5.74) is 0.234. The van der Waals surface area contributed by atoms with E-state index in [0.717, 1.165) is 13.1 Å². The van der Waals surface area contributed by atoms with E-state index in [4.69, 9.17) is 4.74 Å². The molecule has 2 aliphatic rings. The van der Waals surface area contributed by atoms with Gasteiger partial charge < -0.3 is 10.1 Å². The largest absolute Gasteiger partial charge is 0.369 e. The Kier molecular flexibility index (Phi) is 1.90. The third-order valence-corrected chi connectivity index (χ3v) is 2.84. The molecule has 1 aliphatic heterocycles. The molecular formula is C9H17NO. The van der Waals surface area contributed by atoms with Crippen molar-refractivity contribution in [3.05, 3.63) is 0 Å². The normalized spacial score (nSPS) is 36.3. The van der Waals surface area contributed by atoms with Gasteiger partial charge in [0.1, 0.15) is 0 Å². The van der Waals surface area contributed by atoms with Crippen molar-refractivity contribution in [2.24, 2.45) is 0 Å². The fourth-order valence-electron chi connectivity index (χ4n) is 2.33. The summed E-state index contributed by atoms with van der Waals surface area (Å²) in [7, 11) is 0. The summed E-state index contributed by atoms with van der Waals surface area (Å²) in [6, 6.07) is 0. The number of morpholine rings is 1. The summed E-state index contributed by atoms with van der Waals surface area (Å²) in [6.45, 7) is 4.27. The van der Waals surface area contributed by atoms with E-state index in [1.165, 1.54) is 25.7 Å². The Bertz CT molecular complexity index is 140. The number of ether oxygens (including phenoxy) is 1. The molecule has 64 valence electrons. The first-order valence-corrected chi connectivity index (χ1v) is 4.69. The number of rotatable bonds is 0. The van der Waals surface area contributed by atoms with Gasteiger partial charge in [-0.2, -0.15) is 0 Å². The summed E-state index contributed by atoms with van der Waals surface area (Å²) >= 11 is 0. The molecule has 0 aromatic heterocycles. The first kappa shape index (κ1) is 7.56. The molecule has 1 aliphatic carbocycles. The van der Waals surface area contributed by atoms with Crippen LogP contribution < -0.4 is 5.32 Å². The maximum Gasteiger partial charge on any atom is 0.0810 e. The zero-order valence-electron chi connectivity index (χ0n) is 7.23. The van der Waals surface area contributed by atoms with E-state index in [1.807, 2.05) is 0 Å². The van der Waals surface area contributed by atoms with E-state index in [9.17, 15) is 0 Å². The zero-order chi connectivity index (χ0) is 7.73. The van der Waals surface area contributed by atoms with Crippen LogP contribution >= 0.6 is 0 Å². The van der Waals surface area contributed by atoms with Crippen LogP contribution in [0.1, 0.15) is 32.6 Å². The van der Waals surface area contributed by atoms with Gasteiger partial charge in [0.15, 0.2) is 0 Å². The Hall–Kier alpha value is -0.0800. The zero-order valence-corrected chi connectivity index (χ0v) is 7.23. The first-order chi connectivity index (χ1) is 5.31. The van der Waals surface area contributed by atoms with Gasteiger partial charge in [0.25, 0.3) is 0 Å². The molecule has 2 rings (SSSR count). The minimum absolute atomic E-state index is 0.234. The minimum Gasteiger partial charge on any atom is -0.369 e. The molecule has 2 fully saturated rings. The molecule has 2 nitrogen and oxygen atoms in total. The lowest BCUT2D eigenvalue weighted by molar-refractivity contribution is -0.104. The lowest BCUT2D eigenvalue weighted by Gasteiger charge is -2.37. The molecule has 2 heteroatoms. The minimum atomic E-state index is 0.234. The van der Waals surface area contributed by atoms with Gasteiger partial charge in [-0.25, -0.2) is 0 Å². The van der Waals surface area contributed by atoms with E-state index in [2.05, 4.69) is 12.2 Å². The first-order valence-electron chi connectivity index (χ1n) is 4.69. The Balaban J connectivity index is 2.00. The number of hydrogen-bond donors (Lipinski definition) is 1. The number of nitrogens with one attached hydrogen (secondary N) is 1. The molecule has 0 amide bonds. The van der Waals surface area contributed by atoms with Gasteiger partial charge in [-0.15, -0.1) is 0 Å². The summed E-state index contributed by atoms with van der Waals surface area (Å²) in [5.74, 6) is 0. The van der Waals surface area contributed by atoms with E-state index in [1.54, 1.807) is 0 Å². The van der Waals surface area contributed by atoms with Gasteiger partial charge in [-0.3, -0.25) is 0 Å². The molecule has 0 aromatic rings. The summed E-state index contributed by atoms with van der Waals surface area (Å²) < 4.78 is 5.97. The average molecular weight is 155 g/mol. The topological polar surface area (TPSA) is 21.3 Å². The average Bonchev–Trinajstić information content (AvgIpc) is 2.37. The van der Waals surface area contributed by atoms with E-state index in [0.29, 0.717) is 6.10 Å². The van der Waals surface area contributed by atoms with Gasteiger partial charge in [-0.05, 0) is 19.8 Å². The molecule has 0 bridgehead atoms. The maximum absolute atomic E-state index is 5.97. The highest BCUT2D eigenvalue weighted by molar-refractivity contribution is 4.92. The Morgan fingerprint density at radius 3 is 2.73 bits per heavy atom. The summed E-state index contributed by atoms with van der Waals surface area (Å²) in [4.78, 5) is 0. The molecule has 1 saturated heterocycles. The van der Waals surface area contributed by atoms with Crippen LogP contribution in [0.3, 0.4) is 0 Å². The Labute approximate surface area is 68.3 Å². The van der Waals surface area contributed by atoms with Crippen LogP contribution in [-0.2, 0) is 4.74 Å². The lowest BCUT2D eigenvalue weighted by atomic mass is 10.00. The van der Waals surface area contributed by atoms with Gasteiger partial charge >= 0.3 is 0 Å². The van der Waals surface area contributed by atoms with Crippen LogP contribution in [0.5, 0.6) is 0 Å². The second-order valence-electron chi connectivity index (χ2n) is 3.95. The van der Waals surface area contributed by atoms with E-state index >= 15 is 0 Å². The standard InChI is InChI=1S/C9H17NO/c1-8-6-10-7-9(11-8)4-2-3-5-9/h8,10H,2-7H2,1H3/t8-/m0/s1. The van der Waals surface area contributed by atoms with Gasteiger partial charge in [0.2, 0.25) is 0 Å². The molecule has 0 radical (unpaired) electrons. The molecule has 11 heavy (non-hydrogen) atoms. The summed E-state index contributed by atoms with van der Waals surface area (Å²) in [6.07, 6.45) is 5.67. The Morgan fingerprint density at radius 2 is 2.09 bits per heavy atom. The van der Waals surface area contributed by atoms with Crippen molar-refractivity contribution < 1.29 is 4.74 Å². The second-order valence-corrected chi connectivity index (χ2v) is 3.95. The SMILES string of the molecule is C[C@H]1CNCC2(CCCC2)O1. The third-order valence-electron chi connectivity index (χ3n) is 2.84. The second kappa shape index (κ2) is 2.76. The fourth-order valence-corrected chi connectivity index (χ4v) is 2.33. The molecular weight excluding hydrogens is 138 g/mol. The van der Waals surface area contributed by atoms with E-state index in [-0.39, 0.29) is 5.60 Å². The highest BCUT2D eigenvalue weighted by Crippen LogP contribution is 2.34. The fraction of sp³-hybridized carbons (Fsp3) is 1.00. The highest BCUT2D eigenvalue weighted by Gasteiger charge is 2.38. The number of hydrogen-bond acceptors (Lipinski definition) is 2. The van der Waals surface area contributed by atoms with Crippen molar-refractivity contribution in [1.82, 2.24) is 5.32 Å². The van der Waals surface area contributed by atoms with Crippen molar-refractivity contribution in [2.75, 3.05) is 13.1 Å². The van der Waals surface area contributed by atoms with Gasteiger partial charge in [0, 0.05) is 13.1 Å². The van der Waals surface area contributed by atoms with Crippen LogP contribution in [0.25, 0.3) is 0 Å². The predicted molar refractivity (Wildman–Crippen MR) is 44.6 cm³/mol. The van der Waals surface area contributed by atoms with Crippen molar-refractivity contribution in [3.8, 4) is 0 Å². The quantitative estimate of drug-likeness (QED) is 0.569. The molecule has 1 heterocycles. The van der Waals surface area contributed by atoms with Crippen molar-refractivity contribution in [1.29, 1.82) is 0 Å². The molecule has 1 N–H and O–H groups in total. The smallest absolute Gasteiger partial charge is 0.0810 e. The van der Waals surface area contributed by atoms with E-state index < -0.39 is 0 Å². The monoisotopic (exact) mass is 155 g/mol. The molecule has 0 unspecified atom stereocenters. The predicted octanol–water partition coefficient (Wildman–Crippen LogP) is 1.31. The lowest BCUT2D eigenvalue weighted by Crippen LogP contribution is -2.51. The van der Waals surface area contributed by atoms with Crippen LogP contribution in [0.15, 0.2) is 0 Å². The molecule has 1 spiro atoms. The Morgan fingerprint density at radius 1 is 1.36 bits per heavy atom. The molecule has 1 saturated carbocycles. The molecule has 0 aromatic carbocycles. The van der Waals surface area contributed by atoms with Gasteiger partial charge in [-0.1, -0.05) is 12.8 Å². The summed E-state index contributed by atoms with van der Waals surface area (Å²) in [5, 5.41) is 3.44.